The lowest BCUT2D eigenvalue weighted by atomic mass is 9.88. The van der Waals surface area contributed by atoms with E-state index in [2.05, 4.69) is 0 Å². The zero-order chi connectivity index (χ0) is 26.6. The highest BCUT2D eigenvalue weighted by molar-refractivity contribution is 5.90. The third-order valence-electron chi connectivity index (χ3n) is 6.37. The van der Waals surface area contributed by atoms with Gasteiger partial charge in [0.15, 0.2) is 0 Å². The first-order chi connectivity index (χ1) is 17.5. The van der Waals surface area contributed by atoms with Gasteiger partial charge in [0, 0.05) is 5.92 Å². The van der Waals surface area contributed by atoms with Crippen LogP contribution >= 0.6 is 0 Å². The normalized spacial score (nSPS) is 19.1. The van der Waals surface area contributed by atoms with Crippen molar-refractivity contribution in [2.24, 2.45) is 5.92 Å². The SMILES string of the molecule is C[C@@H]1OC(=O)C[C@@H]1CC(C)(COC(=O)c1ccc(-c2ccccc2)cc1)Oc1cccc(C(F)(F)F)c1. The van der Waals surface area contributed by atoms with Crippen molar-refractivity contribution < 1.29 is 37.0 Å². The van der Waals surface area contributed by atoms with Crippen molar-refractivity contribution in [1.29, 1.82) is 0 Å². The molecule has 1 fully saturated rings. The molecule has 0 bridgehead atoms. The van der Waals surface area contributed by atoms with Crippen LogP contribution in [-0.4, -0.2) is 30.3 Å². The van der Waals surface area contributed by atoms with Crippen molar-refractivity contribution >= 4 is 11.9 Å². The summed E-state index contributed by atoms with van der Waals surface area (Å²) in [6, 6.07) is 21.1. The van der Waals surface area contributed by atoms with Crippen LogP contribution < -0.4 is 4.74 Å². The maximum Gasteiger partial charge on any atom is 0.416 e. The van der Waals surface area contributed by atoms with Crippen LogP contribution in [-0.2, 0) is 20.4 Å². The van der Waals surface area contributed by atoms with Crippen LogP contribution in [0, 0.1) is 5.92 Å². The molecule has 37 heavy (non-hydrogen) atoms. The van der Waals surface area contributed by atoms with E-state index in [-0.39, 0.29) is 37.1 Å². The summed E-state index contributed by atoms with van der Waals surface area (Å²) in [5.41, 5.74) is 0.211. The minimum Gasteiger partial charge on any atom is -0.484 e. The van der Waals surface area contributed by atoms with E-state index in [0.717, 1.165) is 23.3 Å². The first kappa shape index (κ1) is 26.3. The largest absolute Gasteiger partial charge is 0.484 e. The summed E-state index contributed by atoms with van der Waals surface area (Å²) < 4.78 is 56.5. The molecule has 194 valence electrons. The minimum absolute atomic E-state index is 0.0153. The Morgan fingerprint density at radius 3 is 2.27 bits per heavy atom. The molecule has 0 radical (unpaired) electrons. The summed E-state index contributed by atoms with van der Waals surface area (Å²) in [4.78, 5) is 24.6. The number of halogens is 3. The second-order valence-electron chi connectivity index (χ2n) is 9.46. The summed E-state index contributed by atoms with van der Waals surface area (Å²) in [6.07, 6.45) is -4.54. The van der Waals surface area contributed by atoms with Crippen LogP contribution in [0.3, 0.4) is 0 Å². The number of ether oxygens (including phenoxy) is 3. The molecule has 5 nitrogen and oxygen atoms in total. The number of rotatable bonds is 8. The Labute approximate surface area is 213 Å². The Morgan fingerprint density at radius 2 is 1.65 bits per heavy atom. The first-order valence-corrected chi connectivity index (χ1v) is 11.9. The molecule has 0 aromatic heterocycles. The van der Waals surface area contributed by atoms with E-state index in [0.29, 0.717) is 5.56 Å². The zero-order valence-corrected chi connectivity index (χ0v) is 20.5. The highest BCUT2D eigenvalue weighted by Gasteiger charge is 2.40. The number of hydrogen-bond donors (Lipinski definition) is 0. The second kappa shape index (κ2) is 10.7. The molecule has 1 saturated heterocycles. The van der Waals surface area contributed by atoms with E-state index in [9.17, 15) is 22.8 Å². The van der Waals surface area contributed by atoms with Gasteiger partial charge in [0.2, 0.25) is 0 Å². The van der Waals surface area contributed by atoms with Gasteiger partial charge in [0.05, 0.1) is 17.5 Å². The van der Waals surface area contributed by atoms with Gasteiger partial charge in [-0.05, 0) is 61.7 Å². The van der Waals surface area contributed by atoms with Gasteiger partial charge in [-0.25, -0.2) is 4.79 Å². The lowest BCUT2D eigenvalue weighted by Crippen LogP contribution is -2.41. The first-order valence-electron chi connectivity index (χ1n) is 11.9. The summed E-state index contributed by atoms with van der Waals surface area (Å²) in [5, 5.41) is 0. The van der Waals surface area contributed by atoms with Crippen molar-refractivity contribution in [3.63, 3.8) is 0 Å². The average Bonchev–Trinajstić information content (AvgIpc) is 3.18. The van der Waals surface area contributed by atoms with E-state index < -0.39 is 29.4 Å². The van der Waals surface area contributed by atoms with Crippen LogP contribution in [0.4, 0.5) is 13.2 Å². The molecule has 0 N–H and O–H groups in total. The Kier molecular flexibility index (Phi) is 7.57. The van der Waals surface area contributed by atoms with E-state index in [1.54, 1.807) is 26.0 Å². The molecule has 3 atom stereocenters. The number of hydrogen-bond acceptors (Lipinski definition) is 5. The molecular weight excluding hydrogens is 485 g/mol. The second-order valence-corrected chi connectivity index (χ2v) is 9.46. The molecule has 1 aliphatic heterocycles. The molecule has 0 aliphatic carbocycles. The molecule has 0 amide bonds. The summed E-state index contributed by atoms with van der Waals surface area (Å²) in [5.74, 6) is -1.20. The minimum atomic E-state index is -4.53. The molecule has 3 aromatic carbocycles. The topological polar surface area (TPSA) is 61.8 Å². The average molecular weight is 513 g/mol. The molecule has 4 rings (SSSR count). The highest BCUT2D eigenvalue weighted by Crippen LogP contribution is 2.36. The van der Waals surface area contributed by atoms with Crippen LogP contribution in [0.15, 0.2) is 78.9 Å². The summed E-state index contributed by atoms with van der Waals surface area (Å²) in [6.45, 7) is 3.16. The third-order valence-corrected chi connectivity index (χ3v) is 6.37. The molecule has 0 spiro atoms. The number of alkyl halides is 3. The van der Waals surface area contributed by atoms with Gasteiger partial charge >= 0.3 is 18.1 Å². The Hall–Kier alpha value is -3.81. The Morgan fingerprint density at radius 1 is 0.973 bits per heavy atom. The molecule has 1 aliphatic rings. The van der Waals surface area contributed by atoms with Gasteiger partial charge in [-0.15, -0.1) is 0 Å². The van der Waals surface area contributed by atoms with Gasteiger partial charge in [0.1, 0.15) is 24.1 Å². The lowest BCUT2D eigenvalue weighted by molar-refractivity contribution is -0.141. The van der Waals surface area contributed by atoms with Gasteiger partial charge in [0.25, 0.3) is 0 Å². The van der Waals surface area contributed by atoms with Crippen LogP contribution in [0.2, 0.25) is 0 Å². The molecule has 0 saturated carbocycles. The van der Waals surface area contributed by atoms with Crippen LogP contribution in [0.25, 0.3) is 11.1 Å². The van der Waals surface area contributed by atoms with Crippen molar-refractivity contribution in [1.82, 2.24) is 0 Å². The molecular formula is C29H27F3O5. The van der Waals surface area contributed by atoms with E-state index in [1.807, 2.05) is 42.5 Å². The molecule has 1 heterocycles. The fraction of sp³-hybridized carbons (Fsp3) is 0.310. The quantitative estimate of drug-likeness (QED) is 0.314. The van der Waals surface area contributed by atoms with Crippen molar-refractivity contribution in [3.05, 3.63) is 90.0 Å². The van der Waals surface area contributed by atoms with E-state index in [1.165, 1.54) is 12.1 Å². The summed E-state index contributed by atoms with van der Waals surface area (Å²) in [7, 11) is 0. The van der Waals surface area contributed by atoms with Gasteiger partial charge < -0.3 is 14.2 Å². The Balaban J connectivity index is 1.50. The van der Waals surface area contributed by atoms with Crippen molar-refractivity contribution in [2.75, 3.05) is 6.61 Å². The predicted octanol–water partition coefficient (Wildman–Crippen LogP) is 6.71. The van der Waals surface area contributed by atoms with Crippen LogP contribution in [0.1, 0.15) is 42.6 Å². The fourth-order valence-corrected chi connectivity index (χ4v) is 4.41. The van der Waals surface area contributed by atoms with Gasteiger partial charge in [-0.2, -0.15) is 13.2 Å². The van der Waals surface area contributed by atoms with Gasteiger partial charge in [-0.3, -0.25) is 4.79 Å². The lowest BCUT2D eigenvalue weighted by Gasteiger charge is -2.33. The Bertz CT molecular complexity index is 1240. The molecule has 8 heteroatoms. The molecule has 3 aromatic rings. The zero-order valence-electron chi connectivity index (χ0n) is 20.5. The number of benzene rings is 3. The maximum absolute atomic E-state index is 13.2. The number of carbonyl (C=O) groups is 2. The smallest absolute Gasteiger partial charge is 0.416 e. The molecule has 1 unspecified atom stereocenters. The summed E-state index contributed by atoms with van der Waals surface area (Å²) >= 11 is 0. The number of cyclic esters (lactones) is 1. The fourth-order valence-electron chi connectivity index (χ4n) is 4.41. The van der Waals surface area contributed by atoms with Crippen molar-refractivity contribution in [2.45, 2.75) is 44.6 Å². The monoisotopic (exact) mass is 512 g/mol. The van der Waals surface area contributed by atoms with E-state index in [4.69, 9.17) is 14.2 Å². The van der Waals surface area contributed by atoms with Crippen molar-refractivity contribution in [3.8, 4) is 16.9 Å². The van der Waals surface area contributed by atoms with E-state index >= 15 is 0 Å². The number of esters is 2. The maximum atomic E-state index is 13.2. The standard InChI is InChI=1S/C29H27F3O5/c1-19-23(15-26(33)36-19)17-28(2,37-25-10-6-9-24(16-25)29(30,31)32)18-35-27(34)22-13-11-21(12-14-22)20-7-4-3-5-8-20/h3-14,16,19,23H,15,17-18H2,1-2H3/t19-,23+,28?/m0/s1. The highest BCUT2D eigenvalue weighted by atomic mass is 19.4. The number of carbonyl (C=O) groups excluding carboxylic acids is 2. The predicted molar refractivity (Wildman–Crippen MR) is 131 cm³/mol. The van der Waals surface area contributed by atoms with Gasteiger partial charge in [-0.1, -0.05) is 48.5 Å². The third kappa shape index (κ3) is 6.70. The van der Waals surface area contributed by atoms with Crippen LogP contribution in [0.5, 0.6) is 5.75 Å².